The number of phenols is 1. The average molecular weight is 236 g/mol. The molecule has 17 heavy (non-hydrogen) atoms. The van der Waals surface area contributed by atoms with Crippen LogP contribution in [0.15, 0.2) is 18.2 Å². The molecule has 0 saturated heterocycles. The molecule has 0 aromatic heterocycles. The summed E-state index contributed by atoms with van der Waals surface area (Å²) in [6, 6.07) is 4.54. The van der Waals surface area contributed by atoms with Crippen molar-refractivity contribution in [3.05, 3.63) is 23.8 Å². The second-order valence-electron chi connectivity index (χ2n) is 4.07. The minimum Gasteiger partial charge on any atom is -0.504 e. The number of aromatic hydroxyl groups is 1. The molecule has 1 heterocycles. The number of para-hydroxylation sites is 1. The first-order valence-corrected chi connectivity index (χ1v) is 5.10. The molecule has 0 radical (unpaired) electrons. The quantitative estimate of drug-likeness (QED) is 0.783. The lowest BCUT2D eigenvalue weighted by molar-refractivity contribution is -0.143. The number of carbonyl (C=O) groups is 2. The van der Waals surface area contributed by atoms with Gasteiger partial charge < -0.3 is 14.6 Å². The Bertz CT molecular complexity index is 494. The number of Topliss-reactive ketones (excluding diaryl/α,β-unsaturated/α-hetero) is 1. The van der Waals surface area contributed by atoms with Gasteiger partial charge in [0.15, 0.2) is 17.1 Å². The van der Waals surface area contributed by atoms with Gasteiger partial charge in [-0.1, -0.05) is 6.07 Å². The van der Waals surface area contributed by atoms with Crippen LogP contribution in [0.4, 0.5) is 0 Å². The maximum Gasteiger partial charge on any atom is 0.310 e. The number of hydrogen-bond acceptors (Lipinski definition) is 5. The number of ketones is 1. The van der Waals surface area contributed by atoms with Crippen molar-refractivity contribution in [3.8, 4) is 11.5 Å². The van der Waals surface area contributed by atoms with Crippen LogP contribution in [0.2, 0.25) is 0 Å². The molecule has 1 aromatic rings. The van der Waals surface area contributed by atoms with Crippen molar-refractivity contribution < 1.29 is 24.2 Å². The topological polar surface area (TPSA) is 72.8 Å². The van der Waals surface area contributed by atoms with Crippen molar-refractivity contribution >= 4 is 11.8 Å². The first-order chi connectivity index (χ1) is 7.98. The summed E-state index contributed by atoms with van der Waals surface area (Å²) in [6.07, 6.45) is -0.184. The molecule has 0 saturated carbocycles. The van der Waals surface area contributed by atoms with E-state index in [2.05, 4.69) is 4.74 Å². The van der Waals surface area contributed by atoms with Gasteiger partial charge in [0.2, 0.25) is 5.78 Å². The molecule has 0 bridgehead atoms. The van der Waals surface area contributed by atoms with Crippen molar-refractivity contribution in [1.29, 1.82) is 0 Å². The highest BCUT2D eigenvalue weighted by atomic mass is 16.5. The van der Waals surface area contributed by atoms with E-state index in [9.17, 15) is 14.7 Å². The van der Waals surface area contributed by atoms with E-state index in [1.807, 2.05) is 0 Å². The number of benzene rings is 1. The van der Waals surface area contributed by atoms with Gasteiger partial charge in [0.25, 0.3) is 0 Å². The fourth-order valence-electron chi connectivity index (χ4n) is 1.83. The van der Waals surface area contributed by atoms with Gasteiger partial charge in [0.05, 0.1) is 19.1 Å². The number of fused-ring (bicyclic) bond motifs is 1. The largest absolute Gasteiger partial charge is 0.504 e. The lowest BCUT2D eigenvalue weighted by Gasteiger charge is -2.20. The molecule has 5 nitrogen and oxygen atoms in total. The normalized spacial score (nSPS) is 21.9. The maximum absolute atomic E-state index is 12.1. The number of carbonyl (C=O) groups excluding carboxylic acids is 2. The molecule has 1 aromatic carbocycles. The first kappa shape index (κ1) is 11.4. The number of hydrogen-bond donors (Lipinski definition) is 1. The number of rotatable bonds is 2. The number of methoxy groups -OCH3 is 1. The van der Waals surface area contributed by atoms with Gasteiger partial charge in [-0.25, -0.2) is 0 Å². The zero-order valence-electron chi connectivity index (χ0n) is 9.52. The lowest BCUT2D eigenvalue weighted by atomic mass is 9.94. The molecular weight excluding hydrogens is 224 g/mol. The fraction of sp³-hybridized carbons (Fsp3) is 0.333. The van der Waals surface area contributed by atoms with E-state index >= 15 is 0 Å². The second-order valence-corrected chi connectivity index (χ2v) is 4.07. The molecule has 1 aliphatic rings. The molecule has 0 fully saturated rings. The van der Waals surface area contributed by atoms with Crippen LogP contribution in [0.5, 0.6) is 11.5 Å². The Balaban J connectivity index is 2.36. The molecule has 0 spiro atoms. The molecule has 0 amide bonds. The molecule has 1 unspecified atom stereocenters. The van der Waals surface area contributed by atoms with Gasteiger partial charge in [-0.05, 0) is 19.1 Å². The molecule has 0 aliphatic carbocycles. The van der Waals surface area contributed by atoms with Crippen molar-refractivity contribution in [2.45, 2.75) is 18.9 Å². The molecular formula is C12H12O5. The summed E-state index contributed by atoms with van der Waals surface area (Å²) in [7, 11) is 1.25. The van der Waals surface area contributed by atoms with Crippen molar-refractivity contribution in [2.75, 3.05) is 7.11 Å². The summed E-state index contributed by atoms with van der Waals surface area (Å²) in [4.78, 5) is 23.3. The van der Waals surface area contributed by atoms with Crippen molar-refractivity contribution in [2.24, 2.45) is 0 Å². The summed E-state index contributed by atoms with van der Waals surface area (Å²) in [5.41, 5.74) is -1.01. The third-order valence-electron chi connectivity index (χ3n) is 2.76. The molecule has 1 aliphatic heterocycles. The first-order valence-electron chi connectivity index (χ1n) is 5.10. The zero-order chi connectivity index (χ0) is 12.6. The van der Waals surface area contributed by atoms with Crippen molar-refractivity contribution in [1.82, 2.24) is 0 Å². The second kappa shape index (κ2) is 3.76. The van der Waals surface area contributed by atoms with E-state index in [1.54, 1.807) is 12.1 Å². The molecule has 2 rings (SSSR count). The van der Waals surface area contributed by atoms with Crippen molar-refractivity contribution in [3.63, 3.8) is 0 Å². The molecule has 90 valence electrons. The highest BCUT2D eigenvalue weighted by Gasteiger charge is 2.46. The predicted molar refractivity (Wildman–Crippen MR) is 58.1 cm³/mol. The molecule has 5 heteroatoms. The Morgan fingerprint density at radius 2 is 2.24 bits per heavy atom. The summed E-state index contributed by atoms with van der Waals surface area (Å²) in [6.45, 7) is 1.51. The number of ether oxygens (including phenoxy) is 2. The van der Waals surface area contributed by atoms with E-state index in [4.69, 9.17) is 4.74 Å². The van der Waals surface area contributed by atoms with Crippen LogP contribution in [0.1, 0.15) is 23.7 Å². The standard InChI is InChI=1S/C12H12O5/c1-12(6-9(14)16-2)11(15)7-4-3-5-8(13)10(7)17-12/h3-5,13H,6H2,1-2H3. The average Bonchev–Trinajstić information content (AvgIpc) is 2.54. The monoisotopic (exact) mass is 236 g/mol. The van der Waals surface area contributed by atoms with Gasteiger partial charge >= 0.3 is 5.97 Å². The van der Waals surface area contributed by atoms with Gasteiger partial charge in [-0.15, -0.1) is 0 Å². The SMILES string of the molecule is COC(=O)CC1(C)Oc2c(O)cccc2C1=O. The number of esters is 1. The van der Waals surface area contributed by atoms with Crippen LogP contribution in [0, 0.1) is 0 Å². The third kappa shape index (κ3) is 1.73. The Labute approximate surface area is 98.0 Å². The van der Waals surface area contributed by atoms with Crippen LogP contribution in [-0.2, 0) is 9.53 Å². The lowest BCUT2D eigenvalue weighted by Crippen LogP contribution is -2.39. The van der Waals surface area contributed by atoms with Crippen LogP contribution in [-0.4, -0.2) is 29.6 Å². The van der Waals surface area contributed by atoms with Gasteiger partial charge in [-0.3, -0.25) is 9.59 Å². The van der Waals surface area contributed by atoms with Crippen LogP contribution in [0.3, 0.4) is 0 Å². The summed E-state index contributed by atoms with van der Waals surface area (Å²) < 4.78 is 9.93. The van der Waals surface area contributed by atoms with E-state index in [0.717, 1.165) is 0 Å². The van der Waals surface area contributed by atoms with Crippen LogP contribution in [0.25, 0.3) is 0 Å². The minimum absolute atomic E-state index is 0.107. The summed E-state index contributed by atoms with van der Waals surface area (Å²) in [5.74, 6) is -0.838. The van der Waals surface area contributed by atoms with Gasteiger partial charge in [-0.2, -0.15) is 0 Å². The highest BCUT2D eigenvalue weighted by Crippen LogP contribution is 2.42. The maximum atomic E-state index is 12.1. The Hall–Kier alpha value is -2.04. The van der Waals surface area contributed by atoms with E-state index < -0.39 is 11.6 Å². The van der Waals surface area contributed by atoms with E-state index in [1.165, 1.54) is 20.1 Å². The summed E-state index contributed by atoms with van der Waals surface area (Å²) in [5, 5.41) is 9.58. The highest BCUT2D eigenvalue weighted by molar-refractivity contribution is 6.09. The Kier molecular flexibility index (Phi) is 2.53. The summed E-state index contributed by atoms with van der Waals surface area (Å²) >= 11 is 0. The van der Waals surface area contributed by atoms with Crippen LogP contribution >= 0.6 is 0 Å². The minimum atomic E-state index is -1.30. The van der Waals surface area contributed by atoms with Gasteiger partial charge in [0, 0.05) is 0 Å². The molecule has 1 atom stereocenters. The smallest absolute Gasteiger partial charge is 0.310 e. The fourth-order valence-corrected chi connectivity index (χ4v) is 1.83. The zero-order valence-corrected chi connectivity index (χ0v) is 9.52. The van der Waals surface area contributed by atoms with E-state index in [0.29, 0.717) is 0 Å². The molecule has 1 N–H and O–H groups in total. The predicted octanol–water partition coefficient (Wildman–Crippen LogP) is 1.29. The van der Waals surface area contributed by atoms with E-state index in [-0.39, 0.29) is 29.3 Å². The third-order valence-corrected chi connectivity index (χ3v) is 2.76. The van der Waals surface area contributed by atoms with Crippen LogP contribution < -0.4 is 4.74 Å². The Morgan fingerprint density at radius 3 is 2.82 bits per heavy atom. The Morgan fingerprint density at radius 1 is 1.53 bits per heavy atom. The van der Waals surface area contributed by atoms with Gasteiger partial charge in [0.1, 0.15) is 0 Å². The number of phenolic OH excluding ortho intramolecular Hbond substituents is 1.